The number of rotatable bonds is 2. The average molecular weight is 591 g/mol. The monoisotopic (exact) mass is 588 g/mol. The van der Waals surface area contributed by atoms with Gasteiger partial charge in [-0.05, 0) is 6.42 Å². The third-order valence-corrected chi connectivity index (χ3v) is 11.2. The van der Waals surface area contributed by atoms with E-state index in [1.807, 2.05) is 30.3 Å². The number of halogens is 2. The van der Waals surface area contributed by atoms with Crippen molar-refractivity contribution in [3.8, 4) is 11.1 Å². The number of hydrogen-bond donors (Lipinski definition) is 0. The fourth-order valence-electron chi connectivity index (χ4n) is 3.70. The molecule has 1 fully saturated rings. The van der Waals surface area contributed by atoms with Crippen LogP contribution in [-0.2, 0) is 30.7 Å². The van der Waals surface area contributed by atoms with E-state index in [-0.39, 0.29) is 24.8 Å². The topological polar surface area (TPSA) is 0 Å². The fourth-order valence-corrected chi connectivity index (χ4v) is 6.87. The van der Waals surface area contributed by atoms with Gasteiger partial charge < -0.3 is 24.8 Å². The molecule has 0 bridgehead atoms. The summed E-state index contributed by atoms with van der Waals surface area (Å²) in [6.45, 7) is 14.5. The van der Waals surface area contributed by atoms with Crippen LogP contribution in [0.3, 0.4) is 0 Å². The maximum Gasteiger partial charge on any atom is -0.172 e. The third-order valence-electron chi connectivity index (χ3n) is 5.98. The Labute approximate surface area is 231 Å². The van der Waals surface area contributed by atoms with E-state index in [2.05, 4.69) is 75.7 Å². The first-order chi connectivity index (χ1) is 14.6. The van der Waals surface area contributed by atoms with Gasteiger partial charge in [-0.3, -0.25) is 0 Å². The van der Waals surface area contributed by atoms with Crippen molar-refractivity contribution in [3.05, 3.63) is 77.9 Å². The second kappa shape index (κ2) is 13.0. The fraction of sp³-hybridized carbons (Fsp3) is 0.357. The molecule has 2 aliphatic rings. The van der Waals surface area contributed by atoms with Crippen LogP contribution in [0, 0.1) is 6.07 Å². The Morgan fingerprint density at radius 2 is 1.39 bits per heavy atom. The van der Waals surface area contributed by atoms with Gasteiger partial charge in [0.25, 0.3) is 0 Å². The summed E-state index contributed by atoms with van der Waals surface area (Å²) in [5.74, 6) is 0. The molecule has 3 aromatic rings. The Balaban J connectivity index is 0.000000375. The summed E-state index contributed by atoms with van der Waals surface area (Å²) in [6.07, 6.45) is 5.43. The molecular formula is C28H36Cl2Si2Zr-2. The molecule has 2 aliphatic carbocycles. The van der Waals surface area contributed by atoms with E-state index in [1.165, 1.54) is 46.7 Å². The van der Waals surface area contributed by atoms with Gasteiger partial charge in [0.1, 0.15) is 0 Å². The van der Waals surface area contributed by atoms with E-state index in [0.717, 1.165) is 6.42 Å². The van der Waals surface area contributed by atoms with Gasteiger partial charge in [-0.1, -0.05) is 73.8 Å². The van der Waals surface area contributed by atoms with Crippen LogP contribution < -0.4 is 35.2 Å². The second-order valence-electron chi connectivity index (χ2n) is 10.7. The second-order valence-corrected chi connectivity index (χ2v) is 22.6. The normalized spacial score (nSPS) is 13.5. The van der Waals surface area contributed by atoms with Gasteiger partial charge in [0, 0.05) is 0 Å². The zero-order valence-corrected chi connectivity index (χ0v) is 26.8. The van der Waals surface area contributed by atoms with Crippen LogP contribution in [0.5, 0.6) is 0 Å². The maximum atomic E-state index is 3.74. The predicted octanol–water partition coefficient (Wildman–Crippen LogP) is 0.451. The molecule has 0 heterocycles. The quantitative estimate of drug-likeness (QED) is 0.235. The maximum absolute atomic E-state index is 3.74. The largest absolute Gasteiger partial charge is 0.214 e. The third kappa shape index (κ3) is 8.62. The van der Waals surface area contributed by atoms with Crippen molar-refractivity contribution in [1.29, 1.82) is 0 Å². The van der Waals surface area contributed by atoms with Crippen LogP contribution in [0.1, 0.15) is 30.4 Å². The number of fused-ring (bicyclic) bond motifs is 3. The Bertz CT molecular complexity index is 944. The van der Waals surface area contributed by atoms with Gasteiger partial charge >= 0.3 is 46.7 Å². The van der Waals surface area contributed by atoms with E-state index in [0.29, 0.717) is 0 Å². The molecule has 176 valence electrons. The van der Waals surface area contributed by atoms with Crippen molar-refractivity contribution in [1.82, 2.24) is 0 Å². The molecule has 0 N–H and O–H groups in total. The minimum Gasteiger partial charge on any atom is -0.214 e. The predicted molar refractivity (Wildman–Crippen MR) is 140 cm³/mol. The molecule has 5 rings (SSSR count). The molecule has 0 unspecified atom stereocenters. The summed E-state index contributed by atoms with van der Waals surface area (Å²) in [6, 6.07) is 25.5. The molecule has 5 heteroatoms. The summed E-state index contributed by atoms with van der Waals surface area (Å²) < 4.78 is 1.78. The van der Waals surface area contributed by atoms with Gasteiger partial charge in [0.15, 0.2) is 0 Å². The first-order valence-corrected chi connectivity index (χ1v) is 19.7. The van der Waals surface area contributed by atoms with E-state index in [9.17, 15) is 0 Å². The summed E-state index contributed by atoms with van der Waals surface area (Å²) in [7, 11) is -2.49. The van der Waals surface area contributed by atoms with Gasteiger partial charge in [-0.15, -0.1) is 5.56 Å². The van der Waals surface area contributed by atoms with Crippen LogP contribution in [0.15, 0.2) is 60.7 Å². The standard InChI is InChI=1S/C19H25Si2.C5H5.C4H6.2ClH.Zr/c1-20(2,3)16-7-9-18-14(12-16)11-15-13-17(21(4,5)6)8-10-19(15)18;1-2-4-5-3-1;1-2-4-3-1;;;/h7-10,12H,11H2,1-6H3;1-5H;1-3H2;2*1H;/q2*-1;;;;+2/p-2. The molecule has 0 aliphatic heterocycles. The van der Waals surface area contributed by atoms with Gasteiger partial charge in [0.05, 0.1) is 16.1 Å². The average Bonchev–Trinajstić information content (AvgIpc) is 3.35. The molecule has 0 nitrogen and oxygen atoms in total. The van der Waals surface area contributed by atoms with Crippen molar-refractivity contribution in [3.63, 3.8) is 0 Å². The van der Waals surface area contributed by atoms with E-state index >= 15 is 0 Å². The Morgan fingerprint density at radius 3 is 1.82 bits per heavy atom. The van der Waals surface area contributed by atoms with Crippen molar-refractivity contribution in [2.75, 3.05) is 0 Å². The zero-order chi connectivity index (χ0) is 22.6. The minimum absolute atomic E-state index is 0. The van der Waals surface area contributed by atoms with E-state index in [1.54, 1.807) is 32.6 Å². The first-order valence-electron chi connectivity index (χ1n) is 11.5. The van der Waals surface area contributed by atoms with Crippen molar-refractivity contribution < 1.29 is 49.0 Å². The molecule has 0 radical (unpaired) electrons. The number of benzene rings is 2. The smallest absolute Gasteiger partial charge is 0.172 e. The van der Waals surface area contributed by atoms with Crippen LogP contribution in [0.25, 0.3) is 11.1 Å². The molecule has 3 aromatic carbocycles. The molecule has 0 saturated heterocycles. The first kappa shape index (κ1) is 30.6. The van der Waals surface area contributed by atoms with Gasteiger partial charge in [0.2, 0.25) is 0 Å². The Hall–Kier alpha value is -0.443. The van der Waals surface area contributed by atoms with Gasteiger partial charge in [-0.2, -0.15) is 47.1 Å². The molecule has 0 atom stereocenters. The SMILES string of the molecule is C[Si](C)(C)c1[c-]c2c(cc1)-c1ccc([Si](C)(C)C)cc1C2.[Cl-].[Cl-].[Zr+2]=[C]1CCC1.c1cc[cH-]c1. The molecule has 0 aromatic heterocycles. The summed E-state index contributed by atoms with van der Waals surface area (Å²) in [4.78, 5) is 0. The summed E-state index contributed by atoms with van der Waals surface area (Å²) in [5.41, 5.74) is 5.77. The summed E-state index contributed by atoms with van der Waals surface area (Å²) >= 11 is 1.67. The van der Waals surface area contributed by atoms with Crippen molar-refractivity contribution >= 4 is 29.7 Å². The Morgan fingerprint density at radius 1 is 0.818 bits per heavy atom. The van der Waals surface area contributed by atoms with Crippen LogP contribution in [0.4, 0.5) is 0 Å². The minimum atomic E-state index is -1.27. The summed E-state index contributed by atoms with van der Waals surface area (Å²) in [5, 5.41) is 3.03. The van der Waals surface area contributed by atoms with E-state index in [4.69, 9.17) is 0 Å². The van der Waals surface area contributed by atoms with Crippen LogP contribution in [0.2, 0.25) is 39.3 Å². The molecule has 0 amide bonds. The van der Waals surface area contributed by atoms with Crippen molar-refractivity contribution in [2.45, 2.75) is 65.0 Å². The number of hydrogen-bond acceptors (Lipinski definition) is 0. The van der Waals surface area contributed by atoms with Crippen LogP contribution in [-0.4, -0.2) is 19.4 Å². The molecule has 33 heavy (non-hydrogen) atoms. The molecule has 0 spiro atoms. The Kier molecular flexibility index (Phi) is 12.1. The van der Waals surface area contributed by atoms with Crippen LogP contribution >= 0.6 is 0 Å². The zero-order valence-electron chi connectivity index (χ0n) is 20.9. The van der Waals surface area contributed by atoms with E-state index < -0.39 is 16.1 Å². The van der Waals surface area contributed by atoms with Crippen molar-refractivity contribution in [2.24, 2.45) is 0 Å². The van der Waals surface area contributed by atoms with Gasteiger partial charge in [-0.25, -0.2) is 12.1 Å². The molecular weight excluding hydrogens is 555 g/mol. The molecule has 1 saturated carbocycles.